The second-order valence-electron chi connectivity index (χ2n) is 8.33. The first kappa shape index (κ1) is 15.9. The average Bonchev–Trinajstić information content (AvgIpc) is 2.80. The van der Waals surface area contributed by atoms with Crippen molar-refractivity contribution < 1.29 is 25.9 Å². The van der Waals surface area contributed by atoms with Gasteiger partial charge in [0.1, 0.15) is 0 Å². The summed E-state index contributed by atoms with van der Waals surface area (Å²) in [6.45, 7) is 4.56. The fourth-order valence-electron chi connectivity index (χ4n) is 5.74. The van der Waals surface area contributed by atoms with Crippen LogP contribution in [0.3, 0.4) is 0 Å². The van der Waals surface area contributed by atoms with E-state index in [0.717, 1.165) is 32.1 Å². The Morgan fingerprint density at radius 2 is 2.04 bits per heavy atom. The van der Waals surface area contributed by atoms with E-state index in [1.807, 2.05) is 12.2 Å². The molecule has 4 aliphatic carbocycles. The molecule has 0 aromatic rings. The van der Waals surface area contributed by atoms with Gasteiger partial charge in [0.15, 0.2) is 0 Å². The molecule has 0 bridgehead atoms. The van der Waals surface area contributed by atoms with Crippen LogP contribution in [0.4, 0.5) is 0 Å². The molecule has 4 aliphatic rings. The Morgan fingerprint density at radius 1 is 1.26 bits per heavy atom. The molecule has 0 heterocycles. The van der Waals surface area contributed by atoms with Gasteiger partial charge in [0.25, 0.3) is 0 Å². The van der Waals surface area contributed by atoms with Gasteiger partial charge in [0, 0.05) is 0 Å². The molecule has 123 valence electrons. The van der Waals surface area contributed by atoms with Crippen LogP contribution in [0.25, 0.3) is 0 Å². The van der Waals surface area contributed by atoms with Crippen molar-refractivity contribution in [3.63, 3.8) is 0 Å². The van der Waals surface area contributed by atoms with Crippen LogP contribution in [0.15, 0.2) is 35.5 Å². The van der Waals surface area contributed by atoms with E-state index in [0.29, 0.717) is 11.8 Å². The van der Waals surface area contributed by atoms with Gasteiger partial charge in [0.05, 0.1) is 0 Å². The number of hydrogen-bond donors (Lipinski definition) is 2. The van der Waals surface area contributed by atoms with E-state index >= 15 is 0 Å². The summed E-state index contributed by atoms with van der Waals surface area (Å²) in [5.74, 6) is 1.11. The summed E-state index contributed by atoms with van der Waals surface area (Å²) in [5.41, 5.74) is 1.82. The van der Waals surface area contributed by atoms with Gasteiger partial charge in [-0.3, -0.25) is 0 Å². The van der Waals surface area contributed by atoms with Crippen LogP contribution in [0.2, 0.25) is 0 Å². The topological polar surface area (TPSA) is 40.5 Å². The molecule has 3 heteroatoms. The van der Waals surface area contributed by atoms with Crippen molar-refractivity contribution in [1.82, 2.24) is 0 Å². The molecule has 0 aromatic carbocycles. The van der Waals surface area contributed by atoms with Gasteiger partial charge in [-0.2, -0.15) is 0 Å². The monoisotopic (exact) mass is 349 g/mol. The van der Waals surface area contributed by atoms with Crippen LogP contribution < -0.4 is 0 Å². The van der Waals surface area contributed by atoms with E-state index in [9.17, 15) is 10.2 Å². The molecule has 0 aliphatic heterocycles. The van der Waals surface area contributed by atoms with Gasteiger partial charge >= 0.3 is 146 Å². The predicted octanol–water partition coefficient (Wildman–Crippen LogP) is 3.24. The molecule has 23 heavy (non-hydrogen) atoms. The molecule has 0 amide bonds. The zero-order chi connectivity index (χ0) is 16.5. The van der Waals surface area contributed by atoms with Crippen molar-refractivity contribution in [2.24, 2.45) is 22.7 Å². The Labute approximate surface area is 146 Å². The zero-order valence-electron chi connectivity index (χ0n) is 13.9. The van der Waals surface area contributed by atoms with Crippen LogP contribution in [0.1, 0.15) is 46.0 Å². The first-order valence-electron chi connectivity index (χ1n) is 8.76. The minimum absolute atomic E-state index is 0.154. The zero-order valence-corrected chi connectivity index (χ0v) is 15.2. The maximum absolute atomic E-state index is 11.0. The SMILES string of the molecule is C[C@]12C=C[C@H](O)CC1CCC1=C3C=C[C@@](O)([C]#[Cr])[C@@]3(C)CCC12. The van der Waals surface area contributed by atoms with Gasteiger partial charge in [-0.1, -0.05) is 0 Å². The van der Waals surface area contributed by atoms with Crippen molar-refractivity contribution >= 4 is 0 Å². The van der Waals surface area contributed by atoms with Crippen molar-refractivity contribution in [2.45, 2.75) is 57.7 Å². The molecular weight excluding hydrogens is 324 g/mol. The summed E-state index contributed by atoms with van der Waals surface area (Å²) in [7, 11) is 0. The minimum atomic E-state index is -0.976. The number of allylic oxidation sites excluding steroid dienone is 3. The normalized spacial score (nSPS) is 51.0. The number of rotatable bonds is 0. The summed E-state index contributed by atoms with van der Waals surface area (Å²) in [4.78, 5) is 0. The molecular formula is C20H25CrO2. The first-order chi connectivity index (χ1) is 10.8. The molecule has 2 nitrogen and oxygen atoms in total. The molecule has 0 saturated heterocycles. The number of hydrogen-bond acceptors (Lipinski definition) is 2. The van der Waals surface area contributed by atoms with Crippen molar-refractivity contribution in [3.8, 4) is 4.69 Å². The first-order valence-corrected chi connectivity index (χ1v) is 9.40. The second-order valence-corrected chi connectivity index (χ2v) is 8.65. The van der Waals surface area contributed by atoms with Gasteiger partial charge in [0.2, 0.25) is 0 Å². The summed E-state index contributed by atoms with van der Waals surface area (Å²) < 4.78 is 3.01. The quantitative estimate of drug-likeness (QED) is 0.659. The van der Waals surface area contributed by atoms with Crippen molar-refractivity contribution in [2.75, 3.05) is 0 Å². The van der Waals surface area contributed by atoms with Crippen LogP contribution in [-0.2, 0) is 15.7 Å². The van der Waals surface area contributed by atoms with E-state index < -0.39 is 5.60 Å². The average molecular weight is 349 g/mol. The molecule has 0 aromatic heterocycles. The molecule has 0 radical (unpaired) electrons. The van der Waals surface area contributed by atoms with Crippen LogP contribution in [-0.4, -0.2) is 21.9 Å². The molecule has 2 N–H and O–H groups in total. The third-order valence-electron chi connectivity index (χ3n) is 7.38. The van der Waals surface area contributed by atoms with E-state index in [1.54, 1.807) is 5.57 Å². The molecule has 4 rings (SSSR count). The second kappa shape index (κ2) is 4.98. The standard InChI is InChI=1S/C20H25O2.Cr/c1-18-9-6-14(21)12-13(18)4-5-15-16(18)7-10-19(2)17(15)8-11-20(19,3)22;/h6,8-9,11,13-14,16,21-22H,4-5,7,10,12H2,1-2H3;/t13?,14-,16?,18-,19-,20-;/m0./s1. The third-order valence-corrected chi connectivity index (χ3v) is 7.86. The van der Waals surface area contributed by atoms with Gasteiger partial charge < -0.3 is 0 Å². The van der Waals surface area contributed by atoms with Crippen LogP contribution in [0.5, 0.6) is 0 Å². The maximum atomic E-state index is 11.0. The summed E-state index contributed by atoms with van der Waals surface area (Å²) >= 11 is 2.80. The summed E-state index contributed by atoms with van der Waals surface area (Å²) in [6.07, 6.45) is 13.3. The van der Waals surface area contributed by atoms with E-state index in [4.69, 9.17) is 0 Å². The Kier molecular flexibility index (Phi) is 3.45. The summed E-state index contributed by atoms with van der Waals surface area (Å²) in [5, 5.41) is 21.0. The van der Waals surface area contributed by atoms with Gasteiger partial charge in [-0.15, -0.1) is 0 Å². The van der Waals surface area contributed by atoms with Crippen LogP contribution >= 0.6 is 0 Å². The van der Waals surface area contributed by atoms with E-state index in [-0.39, 0.29) is 16.9 Å². The van der Waals surface area contributed by atoms with Crippen molar-refractivity contribution in [1.29, 1.82) is 0 Å². The van der Waals surface area contributed by atoms with Gasteiger partial charge in [-0.05, 0) is 0 Å². The Hall–Kier alpha value is -0.548. The Bertz CT molecular complexity index is 684. The number of aliphatic hydroxyl groups is 2. The molecule has 1 fully saturated rings. The van der Waals surface area contributed by atoms with Crippen LogP contribution in [0, 0.1) is 27.4 Å². The fraction of sp³-hybridized carbons (Fsp3) is 0.650. The Morgan fingerprint density at radius 3 is 2.78 bits per heavy atom. The molecule has 0 spiro atoms. The van der Waals surface area contributed by atoms with E-state index in [2.05, 4.69) is 46.3 Å². The van der Waals surface area contributed by atoms with E-state index in [1.165, 1.54) is 5.57 Å². The summed E-state index contributed by atoms with van der Waals surface area (Å²) in [6, 6.07) is 0. The predicted molar refractivity (Wildman–Crippen MR) is 86.4 cm³/mol. The Balaban J connectivity index is 1.81. The molecule has 1 saturated carbocycles. The van der Waals surface area contributed by atoms with Crippen molar-refractivity contribution in [3.05, 3.63) is 35.5 Å². The fourth-order valence-corrected chi connectivity index (χ4v) is 6.20. The third kappa shape index (κ3) is 1.95. The molecule has 6 atom stereocenters. The number of aliphatic hydroxyl groups excluding tert-OH is 1. The molecule has 2 unspecified atom stereocenters. The van der Waals surface area contributed by atoms with Gasteiger partial charge in [-0.25, -0.2) is 0 Å². The number of fused-ring (bicyclic) bond motifs is 4.